The molecule has 4 aromatic rings. The zero-order chi connectivity index (χ0) is 23.1. The highest BCUT2D eigenvalue weighted by molar-refractivity contribution is 6.12. The van der Waals surface area contributed by atoms with Crippen molar-refractivity contribution >= 4 is 39.1 Å². The first-order valence-electron chi connectivity index (χ1n) is 12.1. The molecule has 0 radical (unpaired) electrons. The van der Waals surface area contributed by atoms with Crippen molar-refractivity contribution in [3.05, 3.63) is 72.2 Å². The first-order chi connectivity index (χ1) is 16.7. The van der Waals surface area contributed by atoms with Gasteiger partial charge in [0.1, 0.15) is 5.82 Å². The fourth-order valence-corrected chi connectivity index (χ4v) is 5.54. The van der Waals surface area contributed by atoms with Gasteiger partial charge in [-0.2, -0.15) is 4.99 Å². The highest BCUT2D eigenvalue weighted by atomic mass is 19.1. The number of likely N-dealkylation sites (tertiary alicyclic amines) is 1. The molecule has 0 spiro atoms. The molecule has 2 aliphatic heterocycles. The lowest BCUT2D eigenvalue weighted by Crippen LogP contribution is -2.43. The summed E-state index contributed by atoms with van der Waals surface area (Å²) in [5.74, 6) is 0.461. The summed E-state index contributed by atoms with van der Waals surface area (Å²) >= 11 is 0. The average Bonchev–Trinajstić information content (AvgIpc) is 3.26. The van der Waals surface area contributed by atoms with Gasteiger partial charge in [-0.15, -0.1) is 0 Å². The Morgan fingerprint density at radius 2 is 1.88 bits per heavy atom. The number of H-pyrrole nitrogens is 1. The molecule has 3 heterocycles. The van der Waals surface area contributed by atoms with E-state index >= 15 is 0 Å². The van der Waals surface area contributed by atoms with Crippen LogP contribution in [0.25, 0.3) is 21.7 Å². The van der Waals surface area contributed by atoms with Gasteiger partial charge in [0.25, 0.3) is 6.02 Å². The van der Waals surface area contributed by atoms with Gasteiger partial charge in [-0.1, -0.05) is 24.3 Å². The summed E-state index contributed by atoms with van der Waals surface area (Å²) in [6, 6.07) is 18.3. The standard InChI is InChI=1S/C28H29FN4O/c1-34-28-31-25-6-2-4-20-5-3-7-26(27(20)25)33(28)15-14-32-12-10-19(11-13-32)16-21-18-30-24-9-8-22(29)17-23(21)24/h2-9,17-19,30H,10-16H2,1H3. The van der Waals surface area contributed by atoms with Crippen molar-refractivity contribution in [2.45, 2.75) is 19.3 Å². The van der Waals surface area contributed by atoms with Gasteiger partial charge < -0.3 is 14.6 Å². The number of methoxy groups -OCH3 is 1. The summed E-state index contributed by atoms with van der Waals surface area (Å²) in [7, 11) is 1.70. The zero-order valence-electron chi connectivity index (χ0n) is 19.4. The summed E-state index contributed by atoms with van der Waals surface area (Å²) in [6.45, 7) is 3.96. The van der Waals surface area contributed by atoms with Crippen molar-refractivity contribution in [1.29, 1.82) is 0 Å². The number of aromatic nitrogens is 1. The number of halogens is 1. The van der Waals surface area contributed by atoms with Crippen LogP contribution in [0.2, 0.25) is 0 Å². The van der Waals surface area contributed by atoms with E-state index in [0.29, 0.717) is 11.9 Å². The summed E-state index contributed by atoms with van der Waals surface area (Å²) in [5, 5.41) is 3.42. The molecule has 0 amide bonds. The molecule has 0 saturated carbocycles. The molecule has 2 aliphatic rings. The lowest BCUT2D eigenvalue weighted by Gasteiger charge is -2.35. The number of hydrogen-bond donors (Lipinski definition) is 1. The number of aliphatic imine (C=N–C) groups is 1. The highest BCUT2D eigenvalue weighted by Gasteiger charge is 2.26. The van der Waals surface area contributed by atoms with E-state index in [1.165, 1.54) is 28.1 Å². The molecule has 1 saturated heterocycles. The topological polar surface area (TPSA) is 43.9 Å². The number of piperidine rings is 1. The van der Waals surface area contributed by atoms with Crippen LogP contribution in [0.4, 0.5) is 15.8 Å². The van der Waals surface area contributed by atoms with Gasteiger partial charge in [-0.25, -0.2) is 4.39 Å². The third-order valence-electron chi connectivity index (χ3n) is 7.37. The Hall–Kier alpha value is -3.38. The number of fused-ring (bicyclic) bond motifs is 1. The van der Waals surface area contributed by atoms with Crippen LogP contribution in [0.5, 0.6) is 0 Å². The fourth-order valence-electron chi connectivity index (χ4n) is 5.54. The number of benzene rings is 3. The minimum Gasteiger partial charge on any atom is -0.468 e. The maximum Gasteiger partial charge on any atom is 0.296 e. The minimum atomic E-state index is -0.168. The van der Waals surface area contributed by atoms with E-state index in [1.807, 2.05) is 12.1 Å². The molecule has 0 bridgehead atoms. The Kier molecular flexibility index (Phi) is 5.46. The van der Waals surface area contributed by atoms with Crippen molar-refractivity contribution in [2.24, 2.45) is 10.9 Å². The van der Waals surface area contributed by atoms with Crippen molar-refractivity contribution in [2.75, 3.05) is 38.2 Å². The van der Waals surface area contributed by atoms with Gasteiger partial charge in [0.15, 0.2) is 0 Å². The molecule has 1 N–H and O–H groups in total. The molecule has 5 nitrogen and oxygen atoms in total. The molecule has 0 unspecified atom stereocenters. The largest absolute Gasteiger partial charge is 0.468 e. The molecular weight excluding hydrogens is 427 g/mol. The Bertz CT molecular complexity index is 1360. The van der Waals surface area contributed by atoms with Crippen molar-refractivity contribution < 1.29 is 9.13 Å². The Morgan fingerprint density at radius 1 is 1.06 bits per heavy atom. The van der Waals surface area contributed by atoms with Crippen molar-refractivity contribution in [3.8, 4) is 0 Å². The maximum absolute atomic E-state index is 13.7. The number of rotatable bonds is 5. The van der Waals surface area contributed by atoms with E-state index in [-0.39, 0.29) is 5.82 Å². The van der Waals surface area contributed by atoms with E-state index in [0.717, 1.165) is 62.0 Å². The lowest BCUT2D eigenvalue weighted by molar-refractivity contribution is 0.188. The first-order valence-corrected chi connectivity index (χ1v) is 12.1. The number of hydrogen-bond acceptors (Lipinski definition) is 4. The predicted molar refractivity (Wildman–Crippen MR) is 137 cm³/mol. The van der Waals surface area contributed by atoms with E-state index in [1.54, 1.807) is 13.2 Å². The summed E-state index contributed by atoms with van der Waals surface area (Å²) in [6.07, 6.45) is 5.37. The Morgan fingerprint density at radius 3 is 2.71 bits per heavy atom. The first kappa shape index (κ1) is 21.2. The van der Waals surface area contributed by atoms with Gasteiger partial charge >= 0.3 is 0 Å². The molecule has 1 aromatic heterocycles. The van der Waals surface area contributed by atoms with Crippen molar-refractivity contribution in [1.82, 2.24) is 9.88 Å². The number of nitrogens with zero attached hydrogens (tertiary/aromatic N) is 3. The van der Waals surface area contributed by atoms with Gasteiger partial charge in [0.2, 0.25) is 0 Å². The van der Waals surface area contributed by atoms with Crippen LogP contribution in [-0.2, 0) is 11.2 Å². The van der Waals surface area contributed by atoms with E-state index in [2.05, 4.69) is 51.3 Å². The number of aromatic amines is 1. The van der Waals surface area contributed by atoms with E-state index in [9.17, 15) is 4.39 Å². The Labute approximate surface area is 198 Å². The molecule has 1 fully saturated rings. The van der Waals surface area contributed by atoms with Gasteiger partial charge in [-0.3, -0.25) is 4.90 Å². The van der Waals surface area contributed by atoms with Crippen LogP contribution in [0.1, 0.15) is 18.4 Å². The maximum atomic E-state index is 13.7. The van der Waals surface area contributed by atoms with Crippen molar-refractivity contribution in [3.63, 3.8) is 0 Å². The molecule has 6 heteroatoms. The lowest BCUT2D eigenvalue weighted by atomic mass is 9.90. The smallest absolute Gasteiger partial charge is 0.296 e. The zero-order valence-corrected chi connectivity index (χ0v) is 19.4. The summed E-state index contributed by atoms with van der Waals surface area (Å²) in [4.78, 5) is 12.8. The quantitative estimate of drug-likeness (QED) is 0.409. The predicted octanol–water partition coefficient (Wildman–Crippen LogP) is 5.87. The average molecular weight is 457 g/mol. The third-order valence-corrected chi connectivity index (χ3v) is 7.37. The molecular formula is C28H29FN4O. The van der Waals surface area contributed by atoms with Crippen LogP contribution >= 0.6 is 0 Å². The van der Waals surface area contributed by atoms with Gasteiger partial charge in [0, 0.05) is 35.6 Å². The molecule has 174 valence electrons. The molecule has 0 aliphatic carbocycles. The molecule has 34 heavy (non-hydrogen) atoms. The molecule has 0 atom stereocenters. The van der Waals surface area contributed by atoms with E-state index in [4.69, 9.17) is 9.73 Å². The minimum absolute atomic E-state index is 0.168. The van der Waals surface area contributed by atoms with Crippen LogP contribution in [0.15, 0.2) is 65.8 Å². The second-order valence-electron chi connectivity index (χ2n) is 9.40. The summed E-state index contributed by atoms with van der Waals surface area (Å²) in [5.41, 5.74) is 4.39. The monoisotopic (exact) mass is 456 g/mol. The molecule has 3 aromatic carbocycles. The van der Waals surface area contributed by atoms with E-state index < -0.39 is 0 Å². The normalized spacial score (nSPS) is 16.9. The SMILES string of the molecule is COC1=Nc2cccc3cccc(c23)N1CCN1CCC(Cc2c[nH]c3ccc(F)cc23)CC1. The van der Waals surface area contributed by atoms with Gasteiger partial charge in [0.05, 0.1) is 18.5 Å². The number of nitrogens with one attached hydrogen (secondary N) is 1. The molecule has 6 rings (SSSR count). The van der Waals surface area contributed by atoms with Gasteiger partial charge in [-0.05, 0) is 79.6 Å². The van der Waals surface area contributed by atoms with Crippen LogP contribution < -0.4 is 4.90 Å². The van der Waals surface area contributed by atoms with Crippen LogP contribution in [0.3, 0.4) is 0 Å². The fraction of sp³-hybridized carbons (Fsp3) is 0.321. The third kappa shape index (κ3) is 3.82. The number of anilines is 1. The van der Waals surface area contributed by atoms with Crippen LogP contribution in [-0.4, -0.2) is 49.2 Å². The summed E-state index contributed by atoms with van der Waals surface area (Å²) < 4.78 is 19.4. The number of ether oxygens (including phenoxy) is 1. The highest BCUT2D eigenvalue weighted by Crippen LogP contribution is 2.38. The Balaban J connectivity index is 1.10. The van der Waals surface area contributed by atoms with Crippen LogP contribution in [0, 0.1) is 11.7 Å². The second kappa shape index (κ2) is 8.76. The second-order valence-corrected chi connectivity index (χ2v) is 9.40. The number of amidine groups is 1.